The van der Waals surface area contributed by atoms with Crippen LogP contribution in [0.5, 0.6) is 0 Å². The Labute approximate surface area is 134 Å². The molecule has 0 fully saturated rings. The van der Waals surface area contributed by atoms with E-state index in [1.165, 1.54) is 7.11 Å². The van der Waals surface area contributed by atoms with Crippen molar-refractivity contribution in [1.29, 1.82) is 0 Å². The third kappa shape index (κ3) is 6.13. The van der Waals surface area contributed by atoms with Gasteiger partial charge in [-0.1, -0.05) is 22.0 Å². The first-order chi connectivity index (χ1) is 9.75. The lowest BCUT2D eigenvalue weighted by atomic mass is 10.1. The zero-order valence-electron chi connectivity index (χ0n) is 12.9. The molecular formula is C15H23BrN2O3. The van der Waals surface area contributed by atoms with Crippen molar-refractivity contribution in [3.05, 3.63) is 33.8 Å². The molecule has 1 unspecified atom stereocenters. The number of esters is 1. The van der Waals surface area contributed by atoms with Crippen LogP contribution in [0.15, 0.2) is 22.7 Å². The number of nitrogens with zero attached hydrogens (tertiary/aromatic N) is 1. The van der Waals surface area contributed by atoms with Gasteiger partial charge in [0.15, 0.2) is 0 Å². The van der Waals surface area contributed by atoms with Gasteiger partial charge in [0, 0.05) is 24.1 Å². The second-order valence-electron chi connectivity index (χ2n) is 5.64. The molecule has 2 N–H and O–H groups in total. The van der Waals surface area contributed by atoms with Crippen LogP contribution in [-0.2, 0) is 11.3 Å². The quantitative estimate of drug-likeness (QED) is 0.725. The summed E-state index contributed by atoms with van der Waals surface area (Å²) in [6.45, 7) is 3.47. The molecule has 1 rings (SSSR count). The van der Waals surface area contributed by atoms with Crippen LogP contribution in [0, 0.1) is 0 Å². The van der Waals surface area contributed by atoms with Crippen LogP contribution < -0.4 is 5.32 Å². The number of hydrogen-bond acceptors (Lipinski definition) is 5. The van der Waals surface area contributed by atoms with E-state index in [0.717, 1.165) is 10.0 Å². The Kier molecular flexibility index (Phi) is 6.80. The van der Waals surface area contributed by atoms with Gasteiger partial charge in [-0.05, 0) is 38.7 Å². The van der Waals surface area contributed by atoms with E-state index in [1.807, 2.05) is 25.1 Å². The van der Waals surface area contributed by atoms with Gasteiger partial charge in [0.25, 0.3) is 0 Å². The molecule has 1 aromatic carbocycles. The molecule has 0 aliphatic carbocycles. The first-order valence-corrected chi connectivity index (χ1v) is 7.49. The molecule has 0 heterocycles. The van der Waals surface area contributed by atoms with Crippen LogP contribution in [-0.4, -0.2) is 55.9 Å². The molecule has 6 heteroatoms. The number of nitrogens with one attached hydrogen (secondary N) is 1. The van der Waals surface area contributed by atoms with E-state index < -0.39 is 5.60 Å². The van der Waals surface area contributed by atoms with Crippen LogP contribution in [0.3, 0.4) is 0 Å². The van der Waals surface area contributed by atoms with Crippen LogP contribution in [0.4, 0.5) is 0 Å². The Hall–Kier alpha value is -0.950. The predicted octanol–water partition coefficient (Wildman–Crippen LogP) is 1.64. The number of carbonyl (C=O) groups excluding carboxylic acids is 1. The van der Waals surface area contributed by atoms with Gasteiger partial charge < -0.3 is 20.1 Å². The minimum absolute atomic E-state index is 0.357. The number of likely N-dealkylation sites (N-methyl/N-ethyl adjacent to an activating group) is 1. The highest BCUT2D eigenvalue weighted by atomic mass is 79.9. The monoisotopic (exact) mass is 358 g/mol. The SMILES string of the molecule is COC(=O)c1ccc(CNCC(C)(O)CN(C)C)c(Br)c1. The van der Waals surface area contributed by atoms with Gasteiger partial charge in [-0.25, -0.2) is 4.79 Å². The number of aliphatic hydroxyl groups is 1. The minimum Gasteiger partial charge on any atom is -0.465 e. The van der Waals surface area contributed by atoms with E-state index in [1.54, 1.807) is 19.1 Å². The second-order valence-corrected chi connectivity index (χ2v) is 6.49. The van der Waals surface area contributed by atoms with Gasteiger partial charge in [0.1, 0.15) is 0 Å². The summed E-state index contributed by atoms with van der Waals surface area (Å²) in [5.41, 5.74) is 0.734. The molecule has 21 heavy (non-hydrogen) atoms. The number of benzene rings is 1. The molecule has 0 saturated heterocycles. The first-order valence-electron chi connectivity index (χ1n) is 6.70. The van der Waals surface area contributed by atoms with Crippen molar-refractivity contribution in [2.75, 3.05) is 34.3 Å². The smallest absolute Gasteiger partial charge is 0.337 e. The highest BCUT2D eigenvalue weighted by molar-refractivity contribution is 9.10. The summed E-state index contributed by atoms with van der Waals surface area (Å²) in [5, 5.41) is 13.4. The summed E-state index contributed by atoms with van der Waals surface area (Å²) in [4.78, 5) is 13.4. The molecule has 0 radical (unpaired) electrons. The molecule has 0 spiro atoms. The molecule has 0 aliphatic heterocycles. The maximum atomic E-state index is 11.4. The molecule has 1 aromatic rings. The molecule has 0 amide bonds. The number of methoxy groups -OCH3 is 1. The fourth-order valence-electron chi connectivity index (χ4n) is 2.14. The van der Waals surface area contributed by atoms with E-state index in [2.05, 4.69) is 26.0 Å². The van der Waals surface area contributed by atoms with Gasteiger partial charge in [-0.2, -0.15) is 0 Å². The summed E-state index contributed by atoms with van der Waals surface area (Å²) in [7, 11) is 5.21. The Bertz CT molecular complexity index is 490. The summed E-state index contributed by atoms with van der Waals surface area (Å²) in [5.74, 6) is -0.357. The van der Waals surface area contributed by atoms with Gasteiger partial charge in [-0.3, -0.25) is 0 Å². The van der Waals surface area contributed by atoms with E-state index in [0.29, 0.717) is 25.2 Å². The van der Waals surface area contributed by atoms with Gasteiger partial charge in [-0.15, -0.1) is 0 Å². The normalized spacial score (nSPS) is 14.0. The highest BCUT2D eigenvalue weighted by Crippen LogP contribution is 2.19. The van der Waals surface area contributed by atoms with E-state index in [-0.39, 0.29) is 5.97 Å². The number of hydrogen-bond donors (Lipinski definition) is 2. The highest BCUT2D eigenvalue weighted by Gasteiger charge is 2.20. The number of rotatable bonds is 7. The topological polar surface area (TPSA) is 61.8 Å². The fourth-order valence-corrected chi connectivity index (χ4v) is 2.66. The van der Waals surface area contributed by atoms with E-state index in [4.69, 9.17) is 0 Å². The lowest BCUT2D eigenvalue weighted by molar-refractivity contribution is 0.0336. The standard InChI is InChI=1S/C15H23BrN2O3/c1-15(20,10-18(2)3)9-17-8-12-6-5-11(7-13(12)16)14(19)21-4/h5-7,17,20H,8-10H2,1-4H3. The van der Waals surface area contributed by atoms with Crippen LogP contribution in [0.2, 0.25) is 0 Å². The Morgan fingerprint density at radius 1 is 1.48 bits per heavy atom. The number of carbonyl (C=O) groups is 1. The van der Waals surface area contributed by atoms with Gasteiger partial charge in [0.05, 0.1) is 18.3 Å². The third-order valence-electron chi connectivity index (χ3n) is 2.95. The summed E-state index contributed by atoms with van der Waals surface area (Å²) in [6, 6.07) is 5.33. The molecule has 5 nitrogen and oxygen atoms in total. The molecule has 1 atom stereocenters. The summed E-state index contributed by atoms with van der Waals surface area (Å²) >= 11 is 3.45. The predicted molar refractivity (Wildman–Crippen MR) is 86.4 cm³/mol. The zero-order valence-corrected chi connectivity index (χ0v) is 14.5. The molecule has 0 aliphatic rings. The molecule has 0 aromatic heterocycles. The average Bonchev–Trinajstić information content (AvgIpc) is 2.38. The molecule has 118 valence electrons. The lowest BCUT2D eigenvalue weighted by Crippen LogP contribution is -2.45. The van der Waals surface area contributed by atoms with Crippen LogP contribution >= 0.6 is 15.9 Å². The van der Waals surface area contributed by atoms with Crippen molar-refractivity contribution in [2.24, 2.45) is 0 Å². The summed E-state index contributed by atoms with van der Waals surface area (Å²) in [6.07, 6.45) is 0. The lowest BCUT2D eigenvalue weighted by Gasteiger charge is -2.27. The van der Waals surface area contributed by atoms with Crippen molar-refractivity contribution >= 4 is 21.9 Å². The van der Waals surface area contributed by atoms with Gasteiger partial charge in [0.2, 0.25) is 0 Å². The largest absolute Gasteiger partial charge is 0.465 e. The van der Waals surface area contributed by atoms with Crippen molar-refractivity contribution in [1.82, 2.24) is 10.2 Å². The molecule has 0 saturated carbocycles. The van der Waals surface area contributed by atoms with E-state index >= 15 is 0 Å². The molecular weight excluding hydrogens is 336 g/mol. The molecule has 0 bridgehead atoms. The Morgan fingerprint density at radius 2 is 2.14 bits per heavy atom. The number of halogens is 1. The minimum atomic E-state index is -0.790. The third-order valence-corrected chi connectivity index (χ3v) is 3.69. The Morgan fingerprint density at radius 3 is 2.67 bits per heavy atom. The number of ether oxygens (including phenoxy) is 1. The summed E-state index contributed by atoms with van der Waals surface area (Å²) < 4.78 is 5.52. The first kappa shape index (κ1) is 18.1. The van der Waals surface area contributed by atoms with Crippen molar-refractivity contribution < 1.29 is 14.6 Å². The fraction of sp³-hybridized carbons (Fsp3) is 0.533. The Balaban J connectivity index is 2.58. The van der Waals surface area contributed by atoms with Gasteiger partial charge >= 0.3 is 5.97 Å². The van der Waals surface area contributed by atoms with Crippen molar-refractivity contribution in [2.45, 2.75) is 19.1 Å². The zero-order chi connectivity index (χ0) is 16.0. The average molecular weight is 359 g/mol. The van der Waals surface area contributed by atoms with Crippen LogP contribution in [0.1, 0.15) is 22.8 Å². The maximum Gasteiger partial charge on any atom is 0.337 e. The van der Waals surface area contributed by atoms with Crippen LogP contribution in [0.25, 0.3) is 0 Å². The van der Waals surface area contributed by atoms with Crippen molar-refractivity contribution in [3.63, 3.8) is 0 Å². The maximum absolute atomic E-state index is 11.4. The second kappa shape index (κ2) is 7.89. The van der Waals surface area contributed by atoms with E-state index in [9.17, 15) is 9.90 Å². The van der Waals surface area contributed by atoms with Crippen molar-refractivity contribution in [3.8, 4) is 0 Å².